The Balaban J connectivity index is 3.37. The van der Waals surface area contributed by atoms with Crippen molar-refractivity contribution in [2.24, 2.45) is 0 Å². The highest BCUT2D eigenvalue weighted by molar-refractivity contribution is 6.07. The minimum absolute atomic E-state index is 0.224. The van der Waals surface area contributed by atoms with Crippen molar-refractivity contribution >= 4 is 16.5 Å². The van der Waals surface area contributed by atoms with Crippen LogP contribution in [0.5, 0.6) is 0 Å². The first kappa shape index (κ1) is 7.43. The largest absolute Gasteiger partial charge is 0.526 e. The van der Waals surface area contributed by atoms with Crippen molar-refractivity contribution in [3.05, 3.63) is 12.2 Å². The maximum absolute atomic E-state index is 10.3. The summed E-state index contributed by atoms with van der Waals surface area (Å²) in [6.07, 6.45) is 4.11. The summed E-state index contributed by atoms with van der Waals surface area (Å²) in [5.41, 5.74) is 0. The average molecular weight is 130 g/mol. The summed E-state index contributed by atoms with van der Waals surface area (Å²) in [5.74, 6) is -0.224. The highest BCUT2D eigenvalue weighted by Crippen LogP contribution is 1.80. The number of hydrogen-bond acceptors (Lipinski definition) is 2. The average Bonchev–Trinajstić information content (AvgIpc) is 1.83. The number of carbonyl (C=O) groups is 1. The Bertz CT molecular complexity index is 98.6. The molecule has 0 aromatic heterocycles. The molecule has 0 spiro atoms. The van der Waals surface area contributed by atoms with Gasteiger partial charge in [-0.2, -0.15) is 0 Å². The maximum atomic E-state index is 10.3. The van der Waals surface area contributed by atoms with Crippen LogP contribution in [0.15, 0.2) is 12.2 Å². The molecule has 0 fully saturated rings. The Labute approximate surface area is 52.1 Å². The second-order valence-electron chi connectivity index (χ2n) is 1.33. The van der Waals surface area contributed by atoms with E-state index in [1.807, 2.05) is 6.92 Å². The fourth-order valence-electron chi connectivity index (χ4n) is 0.282. The number of hydrogen-bond donors (Lipinski definition) is 0. The highest BCUT2D eigenvalue weighted by atomic mass is 28.2. The van der Waals surface area contributed by atoms with Gasteiger partial charge in [0.25, 0.3) is 0 Å². The molecule has 0 aliphatic rings. The lowest BCUT2D eigenvalue weighted by molar-refractivity contribution is -0.128. The SMILES string of the molecule is CC/C=C/C(=O)O[SiH3]. The van der Waals surface area contributed by atoms with Gasteiger partial charge < -0.3 is 4.43 Å². The fraction of sp³-hybridized carbons (Fsp3) is 0.400. The second kappa shape index (κ2) is 4.58. The molecule has 0 aliphatic heterocycles. The molecule has 0 radical (unpaired) electrons. The Morgan fingerprint density at radius 1 is 1.88 bits per heavy atom. The minimum atomic E-state index is -0.224. The molecular formula is C5H10O2Si. The molecule has 0 aromatic rings. The van der Waals surface area contributed by atoms with E-state index in [9.17, 15) is 4.79 Å². The van der Waals surface area contributed by atoms with Gasteiger partial charge in [0.05, 0.1) is 0 Å². The van der Waals surface area contributed by atoms with E-state index in [4.69, 9.17) is 0 Å². The molecule has 0 rings (SSSR count). The molecule has 0 aliphatic carbocycles. The van der Waals surface area contributed by atoms with Crippen LogP contribution < -0.4 is 0 Å². The third-order valence-electron chi connectivity index (χ3n) is 0.691. The van der Waals surface area contributed by atoms with Crippen molar-refractivity contribution in [1.29, 1.82) is 0 Å². The molecule has 0 saturated heterocycles. The Morgan fingerprint density at radius 3 is 2.88 bits per heavy atom. The quantitative estimate of drug-likeness (QED) is 0.381. The fourth-order valence-corrected chi connectivity index (χ4v) is 0.418. The van der Waals surface area contributed by atoms with Crippen LogP contribution in [0.2, 0.25) is 0 Å². The van der Waals surface area contributed by atoms with Crippen LogP contribution in [-0.4, -0.2) is 16.5 Å². The minimum Gasteiger partial charge on any atom is -0.526 e. The Kier molecular flexibility index (Phi) is 4.25. The smallest absolute Gasteiger partial charge is 0.316 e. The van der Waals surface area contributed by atoms with Crippen LogP contribution in [0.3, 0.4) is 0 Å². The van der Waals surface area contributed by atoms with E-state index >= 15 is 0 Å². The van der Waals surface area contributed by atoms with Crippen LogP contribution in [0, 0.1) is 0 Å². The van der Waals surface area contributed by atoms with Gasteiger partial charge in [-0.1, -0.05) is 13.0 Å². The molecule has 2 nitrogen and oxygen atoms in total. The molecule has 0 heterocycles. The molecule has 0 unspecified atom stereocenters. The summed E-state index contributed by atoms with van der Waals surface area (Å²) in [4.78, 5) is 10.3. The predicted octanol–water partition coefficient (Wildman–Crippen LogP) is -0.224. The van der Waals surface area contributed by atoms with Gasteiger partial charge in [0.2, 0.25) is 10.5 Å². The summed E-state index contributed by atoms with van der Waals surface area (Å²) >= 11 is 0. The van der Waals surface area contributed by atoms with Gasteiger partial charge in [0.15, 0.2) is 0 Å². The first-order valence-corrected chi connectivity index (χ1v) is 3.37. The van der Waals surface area contributed by atoms with Crippen molar-refractivity contribution in [1.82, 2.24) is 0 Å². The normalized spacial score (nSPS) is 10.1. The molecule has 8 heavy (non-hydrogen) atoms. The molecule has 0 saturated carbocycles. The van der Waals surface area contributed by atoms with E-state index in [2.05, 4.69) is 4.43 Å². The van der Waals surface area contributed by atoms with E-state index in [1.54, 1.807) is 6.08 Å². The van der Waals surface area contributed by atoms with Crippen LogP contribution in [0.4, 0.5) is 0 Å². The first-order chi connectivity index (χ1) is 3.81. The summed E-state index contributed by atoms with van der Waals surface area (Å²) < 4.78 is 4.47. The van der Waals surface area contributed by atoms with Gasteiger partial charge in [-0.15, -0.1) is 0 Å². The summed E-state index contributed by atoms with van der Waals surface area (Å²) in [6.45, 7) is 1.97. The van der Waals surface area contributed by atoms with E-state index in [0.717, 1.165) is 6.42 Å². The van der Waals surface area contributed by atoms with E-state index < -0.39 is 0 Å². The monoisotopic (exact) mass is 130 g/mol. The molecule has 0 bridgehead atoms. The van der Waals surface area contributed by atoms with Crippen molar-refractivity contribution in [2.45, 2.75) is 13.3 Å². The van der Waals surface area contributed by atoms with Gasteiger partial charge in [-0.3, -0.25) is 0 Å². The van der Waals surface area contributed by atoms with Crippen molar-refractivity contribution < 1.29 is 9.22 Å². The van der Waals surface area contributed by atoms with Crippen LogP contribution in [0.25, 0.3) is 0 Å². The van der Waals surface area contributed by atoms with Gasteiger partial charge in [0.1, 0.15) is 0 Å². The lowest BCUT2D eigenvalue weighted by Crippen LogP contribution is -1.94. The summed E-state index contributed by atoms with van der Waals surface area (Å²) in [6, 6.07) is 0. The third kappa shape index (κ3) is 3.61. The standard InChI is InChI=1S/C5H10O2Si/c1-2-3-4-5(6)7-8/h3-4H,2H2,1,8H3/b4-3+. The van der Waals surface area contributed by atoms with Crippen molar-refractivity contribution in [2.75, 3.05) is 0 Å². The van der Waals surface area contributed by atoms with Gasteiger partial charge in [-0.05, 0) is 6.42 Å². The summed E-state index contributed by atoms with van der Waals surface area (Å²) in [7, 11) is 0.489. The molecule has 0 amide bonds. The Hall–Kier alpha value is -0.573. The molecular weight excluding hydrogens is 120 g/mol. The number of rotatable bonds is 2. The lowest BCUT2D eigenvalue weighted by atomic mass is 10.4. The molecule has 0 atom stereocenters. The zero-order chi connectivity index (χ0) is 6.41. The Morgan fingerprint density at radius 2 is 2.50 bits per heavy atom. The number of allylic oxidation sites excluding steroid dienone is 1. The molecule has 0 aromatic carbocycles. The second-order valence-corrected chi connectivity index (χ2v) is 1.74. The van der Waals surface area contributed by atoms with Crippen LogP contribution >= 0.6 is 0 Å². The topological polar surface area (TPSA) is 26.3 Å². The predicted molar refractivity (Wildman–Crippen MR) is 35.5 cm³/mol. The third-order valence-corrected chi connectivity index (χ3v) is 1.09. The van der Waals surface area contributed by atoms with E-state index in [1.165, 1.54) is 6.08 Å². The van der Waals surface area contributed by atoms with Crippen molar-refractivity contribution in [3.63, 3.8) is 0 Å². The zero-order valence-corrected chi connectivity index (χ0v) is 7.18. The van der Waals surface area contributed by atoms with Crippen LogP contribution in [-0.2, 0) is 9.22 Å². The number of carbonyl (C=O) groups excluding carboxylic acids is 1. The van der Waals surface area contributed by atoms with E-state index in [0.29, 0.717) is 10.5 Å². The molecule has 3 heteroatoms. The lowest BCUT2D eigenvalue weighted by Gasteiger charge is -1.87. The van der Waals surface area contributed by atoms with E-state index in [-0.39, 0.29) is 5.97 Å². The van der Waals surface area contributed by atoms with Gasteiger partial charge >= 0.3 is 5.97 Å². The van der Waals surface area contributed by atoms with Gasteiger partial charge in [0, 0.05) is 6.08 Å². The molecule has 0 N–H and O–H groups in total. The highest BCUT2D eigenvalue weighted by Gasteiger charge is 1.84. The first-order valence-electron chi connectivity index (χ1n) is 2.55. The zero-order valence-electron chi connectivity index (χ0n) is 5.18. The summed E-state index contributed by atoms with van der Waals surface area (Å²) in [5, 5.41) is 0. The maximum Gasteiger partial charge on any atom is 0.316 e. The molecule has 46 valence electrons. The van der Waals surface area contributed by atoms with Crippen LogP contribution in [0.1, 0.15) is 13.3 Å². The van der Waals surface area contributed by atoms with Crippen molar-refractivity contribution in [3.8, 4) is 0 Å². The van der Waals surface area contributed by atoms with Gasteiger partial charge in [-0.25, -0.2) is 4.79 Å².